The fourth-order valence-electron chi connectivity index (χ4n) is 1.86. The maximum Gasteiger partial charge on any atom is 0.394 e. The minimum Gasteiger partial charge on any atom is -0.330 e. The Morgan fingerprint density at radius 1 is 1.50 bits per heavy atom. The molecule has 2 nitrogen and oxygen atoms in total. The largest absolute Gasteiger partial charge is 0.394 e. The van der Waals surface area contributed by atoms with Gasteiger partial charge in [-0.05, 0) is 26.3 Å². The smallest absolute Gasteiger partial charge is 0.330 e. The Balaban J connectivity index is 2.48. The number of alkyl halides is 3. The van der Waals surface area contributed by atoms with E-state index in [2.05, 4.69) is 0 Å². The summed E-state index contributed by atoms with van der Waals surface area (Å²) in [6.45, 7) is 2.48. The minimum atomic E-state index is -4.16. The molecular weight excluding hydrogens is 193 g/mol. The van der Waals surface area contributed by atoms with Crippen LogP contribution in [-0.4, -0.2) is 36.8 Å². The fraction of sp³-hybridized carbons (Fsp3) is 1.00. The second-order valence-corrected chi connectivity index (χ2v) is 3.96. The molecule has 0 radical (unpaired) electrons. The molecule has 0 amide bonds. The Labute approximate surface area is 82.2 Å². The molecule has 0 bridgehead atoms. The van der Waals surface area contributed by atoms with Crippen LogP contribution in [0, 0.1) is 5.92 Å². The normalized spacial score (nSPS) is 26.8. The second-order valence-electron chi connectivity index (χ2n) is 3.96. The monoisotopic (exact) mass is 210 g/mol. The van der Waals surface area contributed by atoms with Crippen molar-refractivity contribution in [2.24, 2.45) is 11.7 Å². The Morgan fingerprint density at radius 2 is 2.14 bits per heavy atom. The molecule has 1 rings (SSSR count). The van der Waals surface area contributed by atoms with Crippen LogP contribution in [0.25, 0.3) is 0 Å². The summed E-state index contributed by atoms with van der Waals surface area (Å²) in [7, 11) is 0. The van der Waals surface area contributed by atoms with Gasteiger partial charge in [-0.1, -0.05) is 0 Å². The first-order valence-corrected chi connectivity index (χ1v) is 4.96. The average Bonchev–Trinajstić information content (AvgIpc) is 2.45. The molecule has 0 aromatic rings. The van der Waals surface area contributed by atoms with Gasteiger partial charge in [-0.2, -0.15) is 13.2 Å². The van der Waals surface area contributed by atoms with Gasteiger partial charge in [0.05, 0.1) is 5.92 Å². The molecule has 5 heteroatoms. The Kier molecular flexibility index (Phi) is 3.78. The first-order chi connectivity index (χ1) is 6.45. The highest BCUT2D eigenvalue weighted by Crippen LogP contribution is 2.28. The molecule has 1 aliphatic heterocycles. The second kappa shape index (κ2) is 4.49. The van der Waals surface area contributed by atoms with E-state index < -0.39 is 12.1 Å². The van der Waals surface area contributed by atoms with Crippen molar-refractivity contribution in [3.05, 3.63) is 0 Å². The van der Waals surface area contributed by atoms with E-state index in [0.29, 0.717) is 0 Å². The van der Waals surface area contributed by atoms with Crippen LogP contribution in [0.5, 0.6) is 0 Å². The molecular formula is C9H17F3N2. The van der Waals surface area contributed by atoms with E-state index >= 15 is 0 Å². The third kappa shape index (κ3) is 2.85. The van der Waals surface area contributed by atoms with Gasteiger partial charge in [0, 0.05) is 19.1 Å². The number of hydrogen-bond donors (Lipinski definition) is 1. The quantitative estimate of drug-likeness (QED) is 0.766. The van der Waals surface area contributed by atoms with Crippen LogP contribution in [0.1, 0.15) is 19.8 Å². The van der Waals surface area contributed by atoms with Gasteiger partial charge in [-0.25, -0.2) is 0 Å². The van der Waals surface area contributed by atoms with Crippen LogP contribution in [0.3, 0.4) is 0 Å². The molecule has 2 N–H and O–H groups in total. The lowest BCUT2D eigenvalue weighted by Crippen LogP contribution is -2.42. The topological polar surface area (TPSA) is 29.3 Å². The van der Waals surface area contributed by atoms with Gasteiger partial charge in [0.2, 0.25) is 0 Å². The van der Waals surface area contributed by atoms with Crippen LogP contribution < -0.4 is 5.73 Å². The third-order valence-corrected chi connectivity index (χ3v) is 2.89. The van der Waals surface area contributed by atoms with Crippen molar-refractivity contribution in [1.29, 1.82) is 0 Å². The lowest BCUT2D eigenvalue weighted by atomic mass is 10.1. The zero-order valence-electron chi connectivity index (χ0n) is 8.35. The highest BCUT2D eigenvalue weighted by molar-refractivity contribution is 4.80. The van der Waals surface area contributed by atoms with Gasteiger partial charge >= 0.3 is 6.18 Å². The van der Waals surface area contributed by atoms with E-state index in [-0.39, 0.29) is 19.1 Å². The SMILES string of the molecule is CC1CCCN1CC(CN)C(F)(F)F. The number of halogens is 3. The van der Waals surface area contributed by atoms with Gasteiger partial charge in [-0.3, -0.25) is 4.90 Å². The summed E-state index contributed by atoms with van der Waals surface area (Å²) < 4.78 is 37.2. The standard InChI is InChI=1S/C9H17F3N2/c1-7-3-2-4-14(7)6-8(5-13)9(10,11)12/h7-8H,2-6,13H2,1H3. The van der Waals surface area contributed by atoms with Gasteiger partial charge in [0.25, 0.3) is 0 Å². The van der Waals surface area contributed by atoms with Crippen LogP contribution in [-0.2, 0) is 0 Å². The number of rotatable bonds is 3. The van der Waals surface area contributed by atoms with Gasteiger partial charge in [-0.15, -0.1) is 0 Å². The average molecular weight is 210 g/mol. The van der Waals surface area contributed by atoms with Gasteiger partial charge in [0.15, 0.2) is 0 Å². The fourth-order valence-corrected chi connectivity index (χ4v) is 1.86. The third-order valence-electron chi connectivity index (χ3n) is 2.89. The molecule has 14 heavy (non-hydrogen) atoms. The molecule has 0 saturated carbocycles. The molecule has 84 valence electrons. The van der Waals surface area contributed by atoms with Crippen molar-refractivity contribution in [2.75, 3.05) is 19.6 Å². The van der Waals surface area contributed by atoms with Crippen LogP contribution in [0.15, 0.2) is 0 Å². The molecule has 1 fully saturated rings. The van der Waals surface area contributed by atoms with E-state index in [0.717, 1.165) is 19.4 Å². The van der Waals surface area contributed by atoms with Crippen molar-refractivity contribution >= 4 is 0 Å². The molecule has 0 aliphatic carbocycles. The van der Waals surface area contributed by atoms with E-state index in [9.17, 15) is 13.2 Å². The van der Waals surface area contributed by atoms with Gasteiger partial charge < -0.3 is 5.73 Å². The van der Waals surface area contributed by atoms with Crippen molar-refractivity contribution < 1.29 is 13.2 Å². The molecule has 0 aromatic heterocycles. The van der Waals surface area contributed by atoms with Crippen LogP contribution in [0.2, 0.25) is 0 Å². The maximum absolute atomic E-state index is 12.4. The minimum absolute atomic E-state index is 0.0567. The molecule has 1 saturated heterocycles. The van der Waals surface area contributed by atoms with Crippen molar-refractivity contribution in [3.8, 4) is 0 Å². The number of nitrogens with two attached hydrogens (primary N) is 1. The first kappa shape index (κ1) is 11.8. The number of nitrogens with zero attached hydrogens (tertiary/aromatic N) is 1. The summed E-state index contributed by atoms with van der Waals surface area (Å²) in [5.74, 6) is -1.37. The van der Waals surface area contributed by atoms with Gasteiger partial charge in [0.1, 0.15) is 0 Å². The number of likely N-dealkylation sites (tertiary alicyclic amines) is 1. The van der Waals surface area contributed by atoms with E-state index in [1.807, 2.05) is 11.8 Å². The Hall–Kier alpha value is -0.290. The van der Waals surface area contributed by atoms with Crippen molar-refractivity contribution in [2.45, 2.75) is 32.0 Å². The number of hydrogen-bond acceptors (Lipinski definition) is 2. The Bertz CT molecular complexity index is 181. The highest BCUT2D eigenvalue weighted by atomic mass is 19.4. The van der Waals surface area contributed by atoms with Crippen LogP contribution >= 0.6 is 0 Å². The van der Waals surface area contributed by atoms with E-state index in [1.165, 1.54) is 0 Å². The summed E-state index contributed by atoms with van der Waals surface area (Å²) in [6.07, 6.45) is -2.16. The molecule has 2 atom stereocenters. The molecule has 0 aromatic carbocycles. The first-order valence-electron chi connectivity index (χ1n) is 4.96. The van der Waals surface area contributed by atoms with Crippen molar-refractivity contribution in [3.63, 3.8) is 0 Å². The highest BCUT2D eigenvalue weighted by Gasteiger charge is 2.40. The summed E-state index contributed by atoms with van der Waals surface area (Å²) >= 11 is 0. The lowest BCUT2D eigenvalue weighted by molar-refractivity contribution is -0.176. The zero-order chi connectivity index (χ0) is 10.8. The molecule has 0 spiro atoms. The van der Waals surface area contributed by atoms with Crippen LogP contribution in [0.4, 0.5) is 13.2 Å². The zero-order valence-corrected chi connectivity index (χ0v) is 8.35. The maximum atomic E-state index is 12.4. The summed E-state index contributed by atoms with van der Waals surface area (Å²) in [5.41, 5.74) is 5.14. The summed E-state index contributed by atoms with van der Waals surface area (Å²) in [6, 6.07) is 0.270. The Morgan fingerprint density at radius 3 is 2.50 bits per heavy atom. The lowest BCUT2D eigenvalue weighted by Gasteiger charge is -2.27. The molecule has 2 unspecified atom stereocenters. The van der Waals surface area contributed by atoms with Crippen molar-refractivity contribution in [1.82, 2.24) is 4.90 Å². The predicted octanol–water partition coefficient (Wildman–Crippen LogP) is 1.61. The summed E-state index contributed by atoms with van der Waals surface area (Å²) in [4.78, 5) is 1.88. The molecule has 1 aliphatic rings. The predicted molar refractivity (Wildman–Crippen MR) is 48.9 cm³/mol. The molecule has 1 heterocycles. The van der Waals surface area contributed by atoms with E-state index in [4.69, 9.17) is 5.73 Å². The van der Waals surface area contributed by atoms with E-state index in [1.54, 1.807) is 0 Å². The summed E-state index contributed by atoms with van der Waals surface area (Å²) in [5, 5.41) is 0.